The molecule has 0 N–H and O–H groups in total. The van der Waals surface area contributed by atoms with Crippen LogP contribution in [0.4, 0.5) is 0 Å². The molecule has 2 aliphatic heterocycles. The first-order chi connectivity index (χ1) is 5.21. The minimum absolute atomic E-state index is 0.360. The predicted molar refractivity (Wildman–Crippen MR) is 52.4 cm³/mol. The van der Waals surface area contributed by atoms with Gasteiger partial charge >= 0.3 is 77.4 Å². The number of hydrogen-bond donors (Lipinski definition) is 0. The number of rotatable bonds is 0. The molecule has 2 aliphatic rings. The molecule has 0 aromatic rings. The molecule has 2 heterocycles. The molecule has 0 fully saturated rings. The summed E-state index contributed by atoms with van der Waals surface area (Å²) in [4.78, 5) is 0. The molecule has 2 atom stereocenters. The van der Waals surface area contributed by atoms with Crippen molar-refractivity contribution in [2.24, 2.45) is 0 Å². The van der Waals surface area contributed by atoms with E-state index in [1.54, 1.807) is 0 Å². The van der Waals surface area contributed by atoms with Gasteiger partial charge in [0.1, 0.15) is 0 Å². The van der Waals surface area contributed by atoms with Crippen LogP contribution in [0.1, 0.15) is 0 Å². The van der Waals surface area contributed by atoms with Crippen molar-refractivity contribution in [3.8, 4) is 0 Å². The normalized spacial score (nSPS) is 37.6. The Bertz CT molecular complexity index is 229. The molecule has 11 heavy (non-hydrogen) atoms. The monoisotopic (exact) mass is 248 g/mol. The summed E-state index contributed by atoms with van der Waals surface area (Å²) in [7, 11) is 12.7. The van der Waals surface area contributed by atoms with Crippen LogP contribution in [0.2, 0.25) is 9.50 Å². The first kappa shape index (κ1) is 7.96. The van der Waals surface area contributed by atoms with Crippen molar-refractivity contribution in [3.63, 3.8) is 0 Å². The fraction of sp³-hybridized carbons (Fsp3) is 0.250. The molecule has 0 radical (unpaired) electrons. The first-order valence-electron chi connectivity index (χ1n) is 3.62. The molecule has 0 aromatic heterocycles. The van der Waals surface area contributed by atoms with E-state index < -0.39 is 11.4 Å². The maximum atomic E-state index is 6.33. The Hall–Kier alpha value is 0.343. The molecule has 0 spiro atoms. The third kappa shape index (κ3) is 1.21. The third-order valence-electron chi connectivity index (χ3n) is 2.16. The molecular weight excluding hydrogens is 240 g/mol. The van der Waals surface area contributed by atoms with Crippen molar-refractivity contribution in [3.05, 3.63) is 36.5 Å². The molecule has 0 amide bonds. The van der Waals surface area contributed by atoms with E-state index in [-0.39, 0.29) is 0 Å². The summed E-state index contributed by atoms with van der Waals surface area (Å²) >= 11 is -2.58. The average Bonchev–Trinajstić information content (AvgIpc) is 2.00. The van der Waals surface area contributed by atoms with Gasteiger partial charge in [0.2, 0.25) is 0 Å². The van der Waals surface area contributed by atoms with E-state index in [4.69, 9.17) is 20.0 Å². The number of halogens is 2. The molecule has 2 rings (SSSR count). The average molecular weight is 248 g/mol. The molecular formula is C8H8Cl2Ge. The molecule has 0 saturated carbocycles. The summed E-state index contributed by atoms with van der Waals surface area (Å²) in [5, 5.41) is 0. The van der Waals surface area contributed by atoms with Gasteiger partial charge in [-0.15, -0.1) is 0 Å². The molecule has 0 saturated heterocycles. The van der Waals surface area contributed by atoms with Crippen LogP contribution < -0.4 is 0 Å². The Morgan fingerprint density at radius 3 is 1.73 bits per heavy atom. The molecule has 0 aromatic carbocycles. The van der Waals surface area contributed by atoms with E-state index in [0.717, 1.165) is 0 Å². The SMILES string of the molecule is [Cl][Ge]1([Cl])[CH]2C=CC=C[CH]1C=C2. The van der Waals surface area contributed by atoms with E-state index in [1.165, 1.54) is 0 Å². The van der Waals surface area contributed by atoms with Gasteiger partial charge in [0.25, 0.3) is 0 Å². The van der Waals surface area contributed by atoms with Crippen molar-refractivity contribution >= 4 is 31.4 Å². The van der Waals surface area contributed by atoms with Crippen LogP contribution in [0.15, 0.2) is 36.5 Å². The van der Waals surface area contributed by atoms with Gasteiger partial charge in [-0.3, -0.25) is 0 Å². The van der Waals surface area contributed by atoms with E-state index >= 15 is 0 Å². The zero-order valence-electron chi connectivity index (χ0n) is 5.87. The fourth-order valence-corrected chi connectivity index (χ4v) is 8.51. The first-order valence-corrected chi connectivity index (χ1v) is 11.6. The maximum absolute atomic E-state index is 6.33. The van der Waals surface area contributed by atoms with Gasteiger partial charge in [0, 0.05) is 0 Å². The van der Waals surface area contributed by atoms with Gasteiger partial charge in [-0.1, -0.05) is 0 Å². The van der Waals surface area contributed by atoms with Crippen LogP contribution in [-0.4, -0.2) is 11.4 Å². The van der Waals surface area contributed by atoms with Gasteiger partial charge in [-0.25, -0.2) is 0 Å². The predicted octanol–water partition coefficient (Wildman–Crippen LogP) is 3.34. The fourth-order valence-electron chi connectivity index (χ4n) is 1.47. The molecule has 58 valence electrons. The van der Waals surface area contributed by atoms with Crippen molar-refractivity contribution in [2.75, 3.05) is 0 Å². The second-order valence-corrected chi connectivity index (χ2v) is 16.0. The Morgan fingerprint density at radius 2 is 1.27 bits per heavy atom. The van der Waals surface area contributed by atoms with E-state index in [2.05, 4.69) is 24.3 Å². The van der Waals surface area contributed by atoms with E-state index in [9.17, 15) is 0 Å². The van der Waals surface area contributed by atoms with Crippen molar-refractivity contribution in [1.29, 1.82) is 0 Å². The minimum atomic E-state index is -2.58. The van der Waals surface area contributed by atoms with Gasteiger partial charge in [-0.2, -0.15) is 0 Å². The van der Waals surface area contributed by atoms with Crippen LogP contribution in [0.3, 0.4) is 0 Å². The van der Waals surface area contributed by atoms with Crippen molar-refractivity contribution < 1.29 is 0 Å². The molecule has 0 aliphatic carbocycles. The van der Waals surface area contributed by atoms with E-state index in [1.807, 2.05) is 12.2 Å². The van der Waals surface area contributed by atoms with Gasteiger partial charge in [0.05, 0.1) is 0 Å². The van der Waals surface area contributed by atoms with Gasteiger partial charge < -0.3 is 0 Å². The van der Waals surface area contributed by atoms with Crippen molar-refractivity contribution in [1.82, 2.24) is 0 Å². The standard InChI is InChI=1S/C8H8Cl2Ge/c9-11(10)7-3-1-2-4-8(11)6-5-7/h1-8H. The zero-order valence-corrected chi connectivity index (χ0v) is 9.48. The van der Waals surface area contributed by atoms with Gasteiger partial charge in [-0.05, 0) is 0 Å². The second kappa shape index (κ2) is 2.68. The summed E-state index contributed by atoms with van der Waals surface area (Å²) in [6.45, 7) is 0. The summed E-state index contributed by atoms with van der Waals surface area (Å²) < 4.78 is 0.719. The number of hydrogen-bond acceptors (Lipinski definition) is 0. The molecule has 2 bridgehead atoms. The van der Waals surface area contributed by atoms with Crippen LogP contribution in [0, 0.1) is 0 Å². The Morgan fingerprint density at radius 1 is 0.818 bits per heavy atom. The van der Waals surface area contributed by atoms with Crippen LogP contribution in [-0.2, 0) is 0 Å². The number of allylic oxidation sites excluding steroid dienone is 6. The Balaban J connectivity index is 2.43. The Kier molecular flexibility index (Phi) is 1.94. The van der Waals surface area contributed by atoms with Crippen molar-refractivity contribution in [2.45, 2.75) is 9.50 Å². The summed E-state index contributed by atoms with van der Waals surface area (Å²) in [5.74, 6) is 0. The zero-order chi connectivity index (χ0) is 7.90. The molecule has 0 nitrogen and oxygen atoms in total. The Labute approximate surface area is 77.3 Å². The number of fused-ring (bicyclic) bond motifs is 2. The summed E-state index contributed by atoms with van der Waals surface area (Å²) in [6.07, 6.45) is 12.6. The quantitative estimate of drug-likeness (QED) is 0.455. The summed E-state index contributed by atoms with van der Waals surface area (Å²) in [5.41, 5.74) is 0. The third-order valence-corrected chi connectivity index (χ3v) is 12.7. The summed E-state index contributed by atoms with van der Waals surface area (Å²) in [6, 6.07) is 0. The second-order valence-electron chi connectivity index (χ2n) is 2.88. The molecule has 2 unspecified atom stereocenters. The van der Waals surface area contributed by atoms with Gasteiger partial charge in [0.15, 0.2) is 0 Å². The topological polar surface area (TPSA) is 0 Å². The molecule has 3 heteroatoms. The van der Waals surface area contributed by atoms with Crippen LogP contribution >= 0.6 is 20.0 Å². The van der Waals surface area contributed by atoms with E-state index in [0.29, 0.717) is 9.50 Å². The van der Waals surface area contributed by atoms with Crippen LogP contribution in [0.25, 0.3) is 0 Å². The van der Waals surface area contributed by atoms with Crippen LogP contribution in [0.5, 0.6) is 0 Å².